The van der Waals surface area contributed by atoms with Gasteiger partial charge in [0.05, 0.1) is 10.4 Å². The van der Waals surface area contributed by atoms with Gasteiger partial charge in [0.1, 0.15) is 6.20 Å². The van der Waals surface area contributed by atoms with Crippen LogP contribution in [0.2, 0.25) is 0 Å². The van der Waals surface area contributed by atoms with E-state index in [1.165, 1.54) is 6.20 Å². The van der Waals surface area contributed by atoms with Gasteiger partial charge in [0, 0.05) is 15.4 Å². The molecule has 1 aromatic carbocycles. The molecule has 0 saturated heterocycles. The van der Waals surface area contributed by atoms with Crippen molar-refractivity contribution < 1.29 is 4.92 Å². The molecule has 1 heterocycles. The molecular weight excluding hydrogens is 260 g/mol. The molecule has 0 amide bonds. The number of pyridine rings is 1. The van der Waals surface area contributed by atoms with E-state index in [1.807, 2.05) is 18.2 Å². The van der Waals surface area contributed by atoms with Crippen LogP contribution in [0.15, 0.2) is 28.9 Å². The summed E-state index contributed by atoms with van der Waals surface area (Å²) in [5.74, 6) is 0. The zero-order valence-electron chi connectivity index (χ0n) is 7.90. The number of fused-ring (bicyclic) bond motifs is 1. The van der Waals surface area contributed by atoms with Crippen LogP contribution in [0.1, 0.15) is 5.56 Å². The number of nitrogens with zero attached hydrogens (tertiary/aromatic N) is 2. The van der Waals surface area contributed by atoms with E-state index in [4.69, 9.17) is 0 Å². The molecule has 0 spiro atoms. The highest BCUT2D eigenvalue weighted by Crippen LogP contribution is 2.28. The van der Waals surface area contributed by atoms with Gasteiger partial charge in [-0.3, -0.25) is 10.1 Å². The van der Waals surface area contributed by atoms with Crippen LogP contribution < -0.4 is 0 Å². The standard InChI is InChI=1S/C10H7BrN2O2/c1-6-7-3-2-4-8(11)10(7)12-5-9(6)13(14)15/h2-5H,1H3. The van der Waals surface area contributed by atoms with E-state index in [0.29, 0.717) is 5.56 Å². The van der Waals surface area contributed by atoms with E-state index in [0.717, 1.165) is 15.4 Å². The highest BCUT2D eigenvalue weighted by atomic mass is 79.9. The summed E-state index contributed by atoms with van der Waals surface area (Å²) in [6.45, 7) is 1.73. The summed E-state index contributed by atoms with van der Waals surface area (Å²) in [7, 11) is 0. The maximum Gasteiger partial charge on any atom is 0.291 e. The highest BCUT2D eigenvalue weighted by molar-refractivity contribution is 9.10. The second kappa shape index (κ2) is 3.58. The van der Waals surface area contributed by atoms with Gasteiger partial charge in [-0.1, -0.05) is 12.1 Å². The number of benzene rings is 1. The average Bonchev–Trinajstić information content (AvgIpc) is 2.19. The summed E-state index contributed by atoms with van der Waals surface area (Å²) >= 11 is 3.36. The molecule has 0 bridgehead atoms. The molecule has 0 aliphatic rings. The van der Waals surface area contributed by atoms with E-state index in [-0.39, 0.29) is 5.69 Å². The van der Waals surface area contributed by atoms with E-state index in [9.17, 15) is 10.1 Å². The minimum absolute atomic E-state index is 0.0561. The summed E-state index contributed by atoms with van der Waals surface area (Å²) < 4.78 is 0.845. The normalized spacial score (nSPS) is 10.5. The average molecular weight is 267 g/mol. The van der Waals surface area contributed by atoms with Crippen LogP contribution in [0.25, 0.3) is 10.9 Å². The van der Waals surface area contributed by atoms with E-state index in [2.05, 4.69) is 20.9 Å². The second-order valence-electron chi connectivity index (χ2n) is 3.16. The Morgan fingerprint density at radius 3 is 2.87 bits per heavy atom. The van der Waals surface area contributed by atoms with Crippen molar-refractivity contribution in [3.63, 3.8) is 0 Å². The van der Waals surface area contributed by atoms with Gasteiger partial charge in [0.25, 0.3) is 5.69 Å². The Kier molecular flexibility index (Phi) is 2.40. The molecule has 5 heteroatoms. The van der Waals surface area contributed by atoms with E-state index < -0.39 is 4.92 Å². The smallest absolute Gasteiger partial charge is 0.258 e. The van der Waals surface area contributed by atoms with Crippen molar-refractivity contribution in [3.8, 4) is 0 Å². The fourth-order valence-corrected chi connectivity index (χ4v) is 1.96. The van der Waals surface area contributed by atoms with Crippen LogP contribution in [-0.2, 0) is 0 Å². The van der Waals surface area contributed by atoms with Crippen molar-refractivity contribution in [2.24, 2.45) is 0 Å². The predicted molar refractivity (Wildman–Crippen MR) is 60.8 cm³/mol. The summed E-state index contributed by atoms with van der Waals surface area (Å²) in [5, 5.41) is 11.5. The lowest BCUT2D eigenvalue weighted by atomic mass is 10.1. The molecule has 1 aromatic heterocycles. The number of rotatable bonds is 1. The Labute approximate surface area is 94.2 Å². The largest absolute Gasteiger partial charge is 0.291 e. The number of aryl methyl sites for hydroxylation is 1. The molecule has 15 heavy (non-hydrogen) atoms. The van der Waals surface area contributed by atoms with Crippen LogP contribution in [0, 0.1) is 17.0 Å². The van der Waals surface area contributed by atoms with Crippen molar-refractivity contribution in [1.82, 2.24) is 4.98 Å². The molecule has 0 unspecified atom stereocenters. The molecule has 0 saturated carbocycles. The maximum atomic E-state index is 10.7. The van der Waals surface area contributed by atoms with Gasteiger partial charge in [-0.25, -0.2) is 4.98 Å². The molecular formula is C10H7BrN2O2. The van der Waals surface area contributed by atoms with E-state index >= 15 is 0 Å². The molecule has 2 aromatic rings. The fourth-order valence-electron chi connectivity index (χ4n) is 1.49. The molecule has 4 nitrogen and oxygen atoms in total. The van der Waals surface area contributed by atoms with Crippen molar-refractivity contribution in [3.05, 3.63) is 44.5 Å². The van der Waals surface area contributed by atoms with Crippen molar-refractivity contribution >= 4 is 32.5 Å². The van der Waals surface area contributed by atoms with Crippen molar-refractivity contribution in [1.29, 1.82) is 0 Å². The highest BCUT2D eigenvalue weighted by Gasteiger charge is 2.14. The predicted octanol–water partition coefficient (Wildman–Crippen LogP) is 3.21. The zero-order chi connectivity index (χ0) is 11.0. The molecule has 2 rings (SSSR count). The van der Waals surface area contributed by atoms with Crippen molar-refractivity contribution in [2.45, 2.75) is 6.92 Å². The maximum absolute atomic E-state index is 10.7. The van der Waals surface area contributed by atoms with Gasteiger partial charge >= 0.3 is 0 Å². The lowest BCUT2D eigenvalue weighted by Crippen LogP contribution is -1.94. The number of hydrogen-bond donors (Lipinski definition) is 0. The monoisotopic (exact) mass is 266 g/mol. The zero-order valence-corrected chi connectivity index (χ0v) is 9.48. The first-order valence-electron chi connectivity index (χ1n) is 4.29. The molecule has 0 fully saturated rings. The van der Waals surface area contributed by atoms with Crippen LogP contribution in [-0.4, -0.2) is 9.91 Å². The number of halogens is 1. The number of aromatic nitrogens is 1. The van der Waals surface area contributed by atoms with Crippen LogP contribution >= 0.6 is 15.9 Å². The Hall–Kier alpha value is -1.49. The van der Waals surface area contributed by atoms with E-state index in [1.54, 1.807) is 6.92 Å². The lowest BCUT2D eigenvalue weighted by Gasteiger charge is -2.03. The van der Waals surface area contributed by atoms with Gasteiger partial charge < -0.3 is 0 Å². The first-order chi connectivity index (χ1) is 7.11. The first kappa shape index (κ1) is 10.0. The molecule has 76 valence electrons. The van der Waals surface area contributed by atoms with Crippen LogP contribution in [0.3, 0.4) is 0 Å². The molecule has 0 aliphatic heterocycles. The minimum Gasteiger partial charge on any atom is -0.258 e. The SMILES string of the molecule is Cc1c([N+](=O)[O-])cnc2c(Br)cccc12. The Morgan fingerprint density at radius 2 is 2.20 bits per heavy atom. The number of nitro groups is 1. The topological polar surface area (TPSA) is 56.0 Å². The van der Waals surface area contributed by atoms with Gasteiger partial charge in [-0.15, -0.1) is 0 Å². The van der Waals surface area contributed by atoms with Gasteiger partial charge in [0.2, 0.25) is 0 Å². The van der Waals surface area contributed by atoms with Gasteiger partial charge in [-0.05, 0) is 28.9 Å². The summed E-state index contributed by atoms with van der Waals surface area (Å²) in [4.78, 5) is 14.4. The molecule has 0 radical (unpaired) electrons. The second-order valence-corrected chi connectivity index (χ2v) is 4.02. The van der Waals surface area contributed by atoms with Crippen LogP contribution in [0.5, 0.6) is 0 Å². The lowest BCUT2D eigenvalue weighted by molar-refractivity contribution is -0.385. The van der Waals surface area contributed by atoms with Crippen molar-refractivity contribution in [2.75, 3.05) is 0 Å². The summed E-state index contributed by atoms with van der Waals surface area (Å²) in [6.07, 6.45) is 1.29. The molecule has 0 atom stereocenters. The Bertz CT molecular complexity index is 554. The third kappa shape index (κ3) is 1.59. The van der Waals surface area contributed by atoms with Gasteiger partial charge in [0.15, 0.2) is 0 Å². The third-order valence-corrected chi connectivity index (χ3v) is 2.93. The molecule has 0 aliphatic carbocycles. The summed E-state index contributed by atoms with van der Waals surface area (Å²) in [6, 6.07) is 5.53. The minimum atomic E-state index is -0.414. The first-order valence-corrected chi connectivity index (χ1v) is 5.09. The third-order valence-electron chi connectivity index (χ3n) is 2.29. The van der Waals surface area contributed by atoms with Gasteiger partial charge in [-0.2, -0.15) is 0 Å². The van der Waals surface area contributed by atoms with Crippen LogP contribution in [0.4, 0.5) is 5.69 Å². The number of hydrogen-bond acceptors (Lipinski definition) is 3. The summed E-state index contributed by atoms with van der Waals surface area (Å²) in [5.41, 5.74) is 1.45. The Balaban J connectivity index is 2.86. The Morgan fingerprint density at radius 1 is 1.47 bits per heavy atom. The molecule has 0 N–H and O–H groups in total. The fraction of sp³-hybridized carbons (Fsp3) is 0.100. The quantitative estimate of drug-likeness (QED) is 0.588. The number of para-hydroxylation sites is 1.